The summed E-state index contributed by atoms with van der Waals surface area (Å²) in [7, 11) is 1.40. The minimum atomic E-state index is -1.14. The van der Waals surface area contributed by atoms with Gasteiger partial charge >= 0.3 is 5.97 Å². The number of carbonyl (C=O) groups excluding carboxylic acids is 1. The van der Waals surface area contributed by atoms with E-state index in [4.69, 9.17) is 30.9 Å². The van der Waals surface area contributed by atoms with Crippen LogP contribution in [0.5, 0.6) is 17.2 Å². The maximum absolute atomic E-state index is 12.0. The highest BCUT2D eigenvalue weighted by atomic mass is 35.5. The summed E-state index contributed by atoms with van der Waals surface area (Å²) in [6, 6.07) is 10.3. The summed E-state index contributed by atoms with van der Waals surface area (Å²) >= 11 is 6.12. The van der Waals surface area contributed by atoms with Gasteiger partial charge in [0.05, 0.1) is 31.4 Å². The third-order valence-electron chi connectivity index (χ3n) is 3.59. The normalized spacial score (nSPS) is 10.6. The molecular weight excluding hydrogens is 400 g/mol. The van der Waals surface area contributed by atoms with E-state index in [2.05, 4.69) is 10.5 Å². The molecule has 2 rings (SSSR count). The van der Waals surface area contributed by atoms with E-state index in [0.29, 0.717) is 12.2 Å². The molecule has 0 saturated carbocycles. The molecular formula is C20H21ClN2O6. The van der Waals surface area contributed by atoms with Crippen molar-refractivity contribution in [3.63, 3.8) is 0 Å². The Labute approximate surface area is 173 Å². The highest BCUT2D eigenvalue weighted by Gasteiger charge is 2.13. The van der Waals surface area contributed by atoms with Crippen LogP contribution in [0, 0.1) is 0 Å². The van der Waals surface area contributed by atoms with Gasteiger partial charge in [0.1, 0.15) is 5.75 Å². The van der Waals surface area contributed by atoms with E-state index in [1.807, 2.05) is 19.1 Å². The molecule has 0 spiro atoms. The molecule has 0 bridgehead atoms. The number of halogens is 1. The van der Waals surface area contributed by atoms with Crippen molar-refractivity contribution in [2.24, 2.45) is 5.10 Å². The van der Waals surface area contributed by atoms with Crippen LogP contribution in [-0.4, -0.2) is 43.5 Å². The molecule has 154 valence electrons. The number of rotatable bonds is 10. The Morgan fingerprint density at radius 1 is 1.21 bits per heavy atom. The number of nitrogens with zero attached hydrogens (tertiary/aromatic N) is 1. The maximum Gasteiger partial charge on any atom is 0.341 e. The lowest BCUT2D eigenvalue weighted by molar-refractivity contribution is -0.139. The predicted octanol–water partition coefficient (Wildman–Crippen LogP) is 2.90. The fraction of sp³-hybridized carbons (Fsp3) is 0.250. The molecule has 9 heteroatoms. The van der Waals surface area contributed by atoms with Gasteiger partial charge in [-0.1, -0.05) is 23.7 Å². The van der Waals surface area contributed by atoms with Crippen LogP contribution < -0.4 is 19.6 Å². The number of carboxylic acids is 1. The highest BCUT2D eigenvalue weighted by molar-refractivity contribution is 6.32. The average molecular weight is 421 g/mol. The highest BCUT2D eigenvalue weighted by Crippen LogP contribution is 2.36. The molecule has 1 amide bonds. The van der Waals surface area contributed by atoms with Crippen LogP contribution in [-0.2, 0) is 16.0 Å². The number of carboxylic acid groups (broad SMARTS) is 1. The van der Waals surface area contributed by atoms with Gasteiger partial charge in [0.15, 0.2) is 18.1 Å². The molecule has 0 fully saturated rings. The van der Waals surface area contributed by atoms with Crippen LogP contribution in [0.15, 0.2) is 41.5 Å². The second-order valence-corrected chi connectivity index (χ2v) is 6.17. The average Bonchev–Trinajstić information content (AvgIpc) is 2.68. The van der Waals surface area contributed by atoms with Gasteiger partial charge in [-0.15, -0.1) is 0 Å². The van der Waals surface area contributed by atoms with Crippen molar-refractivity contribution < 1.29 is 28.9 Å². The molecule has 0 heterocycles. The largest absolute Gasteiger partial charge is 0.494 e. The minimum Gasteiger partial charge on any atom is -0.494 e. The Bertz CT molecular complexity index is 883. The fourth-order valence-corrected chi connectivity index (χ4v) is 2.64. The number of benzene rings is 2. The first-order valence-electron chi connectivity index (χ1n) is 8.68. The number of nitrogens with one attached hydrogen (secondary N) is 1. The molecule has 0 atom stereocenters. The summed E-state index contributed by atoms with van der Waals surface area (Å²) in [5, 5.41) is 12.8. The molecule has 0 aliphatic rings. The van der Waals surface area contributed by atoms with E-state index in [0.717, 1.165) is 11.3 Å². The second kappa shape index (κ2) is 10.9. The van der Waals surface area contributed by atoms with Crippen molar-refractivity contribution in [1.82, 2.24) is 5.43 Å². The first-order valence-corrected chi connectivity index (χ1v) is 9.06. The summed E-state index contributed by atoms with van der Waals surface area (Å²) in [5.74, 6) is -0.306. The van der Waals surface area contributed by atoms with Gasteiger partial charge < -0.3 is 19.3 Å². The molecule has 8 nitrogen and oxygen atoms in total. The summed E-state index contributed by atoms with van der Waals surface area (Å²) < 4.78 is 15.7. The third kappa shape index (κ3) is 7.00. The lowest BCUT2D eigenvalue weighted by Gasteiger charge is -2.11. The van der Waals surface area contributed by atoms with E-state index < -0.39 is 12.6 Å². The zero-order valence-corrected chi connectivity index (χ0v) is 16.7. The van der Waals surface area contributed by atoms with E-state index in [1.165, 1.54) is 19.4 Å². The fourth-order valence-electron chi connectivity index (χ4n) is 2.36. The topological polar surface area (TPSA) is 106 Å². The standard InChI is InChI=1S/C20H21ClN2O6/c1-3-28-15-6-4-13(5-7-15)10-18(24)23-22-11-14-8-16(21)20(17(9-14)27-2)29-12-19(25)26/h4-9,11H,3,10,12H2,1-2H3,(H,23,24)(H,25,26)/b22-11+. The van der Waals surface area contributed by atoms with E-state index in [9.17, 15) is 9.59 Å². The van der Waals surface area contributed by atoms with Gasteiger partial charge in [0.2, 0.25) is 5.91 Å². The Morgan fingerprint density at radius 2 is 1.93 bits per heavy atom. The van der Waals surface area contributed by atoms with Gasteiger partial charge in [-0.25, -0.2) is 10.2 Å². The molecule has 2 N–H and O–H groups in total. The first kappa shape index (κ1) is 22.0. The molecule has 0 saturated heterocycles. The Balaban J connectivity index is 1.97. The molecule has 0 radical (unpaired) electrons. The number of hydrogen-bond acceptors (Lipinski definition) is 6. The molecule has 2 aromatic carbocycles. The van der Waals surface area contributed by atoms with Crippen LogP contribution in [0.3, 0.4) is 0 Å². The van der Waals surface area contributed by atoms with Crippen LogP contribution >= 0.6 is 11.6 Å². The zero-order chi connectivity index (χ0) is 21.2. The van der Waals surface area contributed by atoms with Crippen molar-refractivity contribution in [1.29, 1.82) is 0 Å². The molecule has 0 aliphatic heterocycles. The molecule has 2 aromatic rings. The SMILES string of the molecule is CCOc1ccc(CC(=O)N/N=C/c2cc(Cl)c(OCC(=O)O)c(OC)c2)cc1. The van der Waals surface area contributed by atoms with Crippen molar-refractivity contribution >= 4 is 29.7 Å². The first-order chi connectivity index (χ1) is 13.9. The number of hydrogen-bond donors (Lipinski definition) is 2. The van der Waals surface area contributed by atoms with Gasteiger partial charge in [-0.2, -0.15) is 5.10 Å². The molecule has 0 unspecified atom stereocenters. The molecule has 0 aromatic heterocycles. The van der Waals surface area contributed by atoms with Gasteiger partial charge in [0, 0.05) is 0 Å². The zero-order valence-electron chi connectivity index (χ0n) is 16.0. The lowest BCUT2D eigenvalue weighted by atomic mass is 10.1. The lowest BCUT2D eigenvalue weighted by Crippen LogP contribution is -2.19. The number of ether oxygens (including phenoxy) is 3. The van der Waals surface area contributed by atoms with Crippen LogP contribution in [0.25, 0.3) is 0 Å². The van der Waals surface area contributed by atoms with Crippen molar-refractivity contribution in [2.75, 3.05) is 20.3 Å². The van der Waals surface area contributed by atoms with Crippen molar-refractivity contribution in [3.8, 4) is 17.2 Å². The maximum atomic E-state index is 12.0. The number of carbonyl (C=O) groups is 2. The van der Waals surface area contributed by atoms with Crippen LogP contribution in [0.4, 0.5) is 0 Å². The summed E-state index contributed by atoms with van der Waals surface area (Å²) in [5.41, 5.74) is 3.80. The van der Waals surface area contributed by atoms with Gasteiger partial charge in [0.25, 0.3) is 0 Å². The van der Waals surface area contributed by atoms with Crippen molar-refractivity contribution in [3.05, 3.63) is 52.5 Å². The van der Waals surface area contributed by atoms with Crippen LogP contribution in [0.2, 0.25) is 5.02 Å². The second-order valence-electron chi connectivity index (χ2n) is 5.76. The molecule has 0 aliphatic carbocycles. The van der Waals surface area contributed by atoms with E-state index in [-0.39, 0.29) is 28.8 Å². The smallest absolute Gasteiger partial charge is 0.341 e. The van der Waals surface area contributed by atoms with E-state index in [1.54, 1.807) is 18.2 Å². The third-order valence-corrected chi connectivity index (χ3v) is 3.87. The Morgan fingerprint density at radius 3 is 2.55 bits per heavy atom. The Hall–Kier alpha value is -3.26. The van der Waals surface area contributed by atoms with Gasteiger partial charge in [-0.3, -0.25) is 4.79 Å². The summed E-state index contributed by atoms with van der Waals surface area (Å²) in [4.78, 5) is 22.7. The molecule has 29 heavy (non-hydrogen) atoms. The van der Waals surface area contributed by atoms with Gasteiger partial charge in [-0.05, 0) is 42.3 Å². The van der Waals surface area contributed by atoms with E-state index >= 15 is 0 Å². The predicted molar refractivity (Wildman–Crippen MR) is 108 cm³/mol. The van der Waals surface area contributed by atoms with Crippen molar-refractivity contribution in [2.45, 2.75) is 13.3 Å². The number of hydrazone groups is 1. The number of methoxy groups -OCH3 is 1. The number of aliphatic carboxylic acids is 1. The summed E-state index contributed by atoms with van der Waals surface area (Å²) in [6.07, 6.45) is 1.56. The summed E-state index contributed by atoms with van der Waals surface area (Å²) in [6.45, 7) is 1.93. The minimum absolute atomic E-state index is 0.119. The van der Waals surface area contributed by atoms with Crippen LogP contribution in [0.1, 0.15) is 18.1 Å². The Kier molecular flexibility index (Phi) is 8.29. The quantitative estimate of drug-likeness (QED) is 0.452. The monoisotopic (exact) mass is 420 g/mol. The number of amides is 1.